The standard InChI is InChI=1S/C25H30N2O3S2/c1-25(2,3)19-7-11-21(12-8-19)32(28,29)22-13-15-27(16-14-22)24-26-23(17-31-24)18-5-9-20(30-4)10-6-18/h5-12,17,22H,13-16H2,1-4H3. The lowest BCUT2D eigenvalue weighted by Crippen LogP contribution is -2.39. The first-order chi connectivity index (χ1) is 15.2. The van der Waals surface area contributed by atoms with Crippen molar-refractivity contribution in [2.45, 2.75) is 49.2 Å². The van der Waals surface area contributed by atoms with Crippen LogP contribution in [0.1, 0.15) is 39.2 Å². The number of sulfone groups is 1. The van der Waals surface area contributed by atoms with Crippen LogP contribution < -0.4 is 9.64 Å². The Labute approximate surface area is 195 Å². The summed E-state index contributed by atoms with van der Waals surface area (Å²) < 4.78 is 31.6. The Balaban J connectivity index is 1.42. The molecule has 170 valence electrons. The zero-order valence-electron chi connectivity index (χ0n) is 19.0. The molecule has 2 heterocycles. The molecule has 1 aliphatic rings. The summed E-state index contributed by atoms with van der Waals surface area (Å²) in [5, 5.41) is 2.65. The maximum atomic E-state index is 13.2. The maximum Gasteiger partial charge on any atom is 0.185 e. The third-order valence-corrected chi connectivity index (χ3v) is 9.26. The first-order valence-electron chi connectivity index (χ1n) is 10.9. The first kappa shape index (κ1) is 22.8. The molecule has 0 atom stereocenters. The SMILES string of the molecule is COc1ccc(-c2csc(N3CCC(S(=O)(=O)c4ccc(C(C)(C)C)cc4)CC3)n2)cc1. The summed E-state index contributed by atoms with van der Waals surface area (Å²) in [5.41, 5.74) is 3.12. The van der Waals surface area contributed by atoms with Gasteiger partial charge in [0.2, 0.25) is 0 Å². The quantitative estimate of drug-likeness (QED) is 0.489. The van der Waals surface area contributed by atoms with E-state index in [0.717, 1.165) is 27.7 Å². The van der Waals surface area contributed by atoms with Crippen LogP contribution in [0.15, 0.2) is 58.8 Å². The Hall–Kier alpha value is -2.38. The fraction of sp³-hybridized carbons (Fsp3) is 0.400. The van der Waals surface area contributed by atoms with Gasteiger partial charge in [-0.1, -0.05) is 32.9 Å². The molecule has 5 nitrogen and oxygen atoms in total. The number of hydrogen-bond donors (Lipinski definition) is 0. The van der Waals surface area contributed by atoms with E-state index in [9.17, 15) is 8.42 Å². The molecule has 0 unspecified atom stereocenters. The summed E-state index contributed by atoms with van der Waals surface area (Å²) >= 11 is 1.60. The van der Waals surface area contributed by atoms with E-state index in [2.05, 4.69) is 31.1 Å². The van der Waals surface area contributed by atoms with E-state index in [1.807, 2.05) is 36.4 Å². The molecule has 0 bridgehead atoms. The van der Waals surface area contributed by atoms with Crippen molar-refractivity contribution in [1.29, 1.82) is 0 Å². The summed E-state index contributed by atoms with van der Waals surface area (Å²) in [4.78, 5) is 7.42. The second-order valence-corrected chi connectivity index (χ2v) is 12.3. The van der Waals surface area contributed by atoms with E-state index in [0.29, 0.717) is 30.8 Å². The summed E-state index contributed by atoms with van der Waals surface area (Å²) in [7, 11) is -1.68. The molecule has 0 spiro atoms. The molecule has 0 N–H and O–H groups in total. The van der Waals surface area contributed by atoms with Crippen molar-refractivity contribution >= 4 is 26.3 Å². The number of nitrogens with zero attached hydrogens (tertiary/aromatic N) is 2. The minimum atomic E-state index is -3.33. The second-order valence-electron chi connectivity index (χ2n) is 9.25. The van der Waals surface area contributed by atoms with E-state index in [1.165, 1.54) is 0 Å². The van der Waals surface area contributed by atoms with Gasteiger partial charge in [0.05, 0.1) is 22.9 Å². The van der Waals surface area contributed by atoms with Gasteiger partial charge in [0.25, 0.3) is 0 Å². The van der Waals surface area contributed by atoms with Crippen LogP contribution in [0.25, 0.3) is 11.3 Å². The first-order valence-corrected chi connectivity index (χ1v) is 13.3. The van der Waals surface area contributed by atoms with E-state index >= 15 is 0 Å². The topological polar surface area (TPSA) is 59.5 Å². The number of aromatic nitrogens is 1. The van der Waals surface area contributed by atoms with E-state index in [1.54, 1.807) is 30.6 Å². The molecule has 2 aromatic carbocycles. The lowest BCUT2D eigenvalue weighted by molar-refractivity contribution is 0.415. The van der Waals surface area contributed by atoms with Crippen LogP contribution in [0, 0.1) is 0 Å². The number of piperidine rings is 1. The molecule has 1 aromatic heterocycles. The average molecular weight is 471 g/mol. The molecule has 1 aliphatic heterocycles. The smallest absolute Gasteiger partial charge is 0.185 e. The van der Waals surface area contributed by atoms with Crippen molar-refractivity contribution < 1.29 is 13.2 Å². The molecule has 0 saturated carbocycles. The number of benzene rings is 2. The highest BCUT2D eigenvalue weighted by atomic mass is 32.2. The van der Waals surface area contributed by atoms with Crippen molar-refractivity contribution in [3.63, 3.8) is 0 Å². The normalized spacial score (nSPS) is 15.7. The highest BCUT2D eigenvalue weighted by Gasteiger charge is 2.32. The minimum absolute atomic E-state index is 0.00596. The zero-order chi connectivity index (χ0) is 22.9. The van der Waals surface area contributed by atoms with Gasteiger partial charge in [0.1, 0.15) is 5.75 Å². The van der Waals surface area contributed by atoms with Crippen molar-refractivity contribution in [2.75, 3.05) is 25.1 Å². The number of hydrogen-bond acceptors (Lipinski definition) is 6. The monoisotopic (exact) mass is 470 g/mol. The largest absolute Gasteiger partial charge is 0.497 e. The fourth-order valence-corrected chi connectivity index (χ4v) is 6.62. The highest BCUT2D eigenvalue weighted by molar-refractivity contribution is 7.92. The van der Waals surface area contributed by atoms with Gasteiger partial charge in [-0.05, 0) is 60.2 Å². The molecule has 4 rings (SSSR count). The van der Waals surface area contributed by atoms with Crippen molar-refractivity contribution in [1.82, 2.24) is 4.98 Å². The highest BCUT2D eigenvalue weighted by Crippen LogP contribution is 2.33. The molecule has 32 heavy (non-hydrogen) atoms. The van der Waals surface area contributed by atoms with Crippen LogP contribution in [0.2, 0.25) is 0 Å². The molecule has 7 heteroatoms. The fourth-order valence-electron chi connectivity index (χ4n) is 4.00. The summed E-state index contributed by atoms with van der Waals surface area (Å²) in [6, 6.07) is 15.3. The number of ether oxygens (including phenoxy) is 1. The van der Waals surface area contributed by atoms with Gasteiger partial charge in [0.15, 0.2) is 15.0 Å². The number of thiazole rings is 1. The third kappa shape index (κ3) is 4.69. The molecular weight excluding hydrogens is 440 g/mol. The van der Waals surface area contributed by atoms with Crippen LogP contribution in [-0.2, 0) is 15.3 Å². The van der Waals surface area contributed by atoms with Crippen LogP contribution in [0.5, 0.6) is 5.75 Å². The second kappa shape index (κ2) is 8.87. The van der Waals surface area contributed by atoms with E-state index < -0.39 is 9.84 Å². The summed E-state index contributed by atoms with van der Waals surface area (Å²) in [6.45, 7) is 7.78. The molecule has 0 amide bonds. The Morgan fingerprint density at radius 2 is 1.62 bits per heavy atom. The Morgan fingerprint density at radius 3 is 2.19 bits per heavy atom. The lowest BCUT2D eigenvalue weighted by Gasteiger charge is -2.31. The van der Waals surface area contributed by atoms with Gasteiger partial charge in [-0.15, -0.1) is 11.3 Å². The van der Waals surface area contributed by atoms with Crippen LogP contribution in [-0.4, -0.2) is 38.9 Å². The zero-order valence-corrected chi connectivity index (χ0v) is 20.7. The van der Waals surface area contributed by atoms with Crippen molar-refractivity contribution in [3.8, 4) is 17.0 Å². The molecule has 0 radical (unpaired) electrons. The maximum absolute atomic E-state index is 13.2. The van der Waals surface area contributed by atoms with Crippen molar-refractivity contribution in [2.24, 2.45) is 0 Å². The summed E-state index contributed by atoms with van der Waals surface area (Å²) in [6.07, 6.45) is 1.22. The molecule has 3 aromatic rings. The number of methoxy groups -OCH3 is 1. The number of anilines is 1. The number of rotatable bonds is 5. The Kier molecular flexibility index (Phi) is 6.32. The Bertz CT molecular complexity index is 1150. The van der Waals surface area contributed by atoms with E-state index in [4.69, 9.17) is 9.72 Å². The third-order valence-electron chi connectivity index (χ3n) is 6.08. The predicted octanol–water partition coefficient (Wildman–Crippen LogP) is 5.56. The van der Waals surface area contributed by atoms with Crippen molar-refractivity contribution in [3.05, 3.63) is 59.5 Å². The average Bonchev–Trinajstić information content (AvgIpc) is 3.29. The van der Waals surface area contributed by atoms with Gasteiger partial charge in [-0.3, -0.25) is 0 Å². The summed E-state index contributed by atoms with van der Waals surface area (Å²) in [5.74, 6) is 0.820. The minimum Gasteiger partial charge on any atom is -0.497 e. The van der Waals surface area contributed by atoms with E-state index in [-0.39, 0.29) is 10.7 Å². The van der Waals surface area contributed by atoms with Gasteiger partial charge in [-0.2, -0.15) is 0 Å². The Morgan fingerprint density at radius 1 is 1.00 bits per heavy atom. The van der Waals surface area contributed by atoms with Gasteiger partial charge in [-0.25, -0.2) is 13.4 Å². The molecule has 1 saturated heterocycles. The molecule has 0 aliphatic carbocycles. The van der Waals surface area contributed by atoms with Gasteiger partial charge in [0, 0.05) is 24.0 Å². The van der Waals surface area contributed by atoms with Crippen LogP contribution >= 0.6 is 11.3 Å². The lowest BCUT2D eigenvalue weighted by atomic mass is 9.87. The predicted molar refractivity (Wildman–Crippen MR) is 132 cm³/mol. The van der Waals surface area contributed by atoms with Gasteiger partial charge < -0.3 is 9.64 Å². The molecule has 1 fully saturated rings. The van der Waals surface area contributed by atoms with Gasteiger partial charge >= 0.3 is 0 Å². The van der Waals surface area contributed by atoms with Crippen LogP contribution in [0.4, 0.5) is 5.13 Å². The molecular formula is C25H30N2O3S2. The van der Waals surface area contributed by atoms with Crippen LogP contribution in [0.3, 0.4) is 0 Å².